The van der Waals surface area contributed by atoms with E-state index in [1.54, 1.807) is 6.07 Å². The number of phenols is 1. The summed E-state index contributed by atoms with van der Waals surface area (Å²) in [6.07, 6.45) is -0.972. The molecular formula is C14H17N3O6. The number of nitrogens with two attached hydrogens (primary N) is 1. The van der Waals surface area contributed by atoms with E-state index in [0.29, 0.717) is 23.4 Å². The second-order valence-electron chi connectivity index (χ2n) is 6.04. The van der Waals surface area contributed by atoms with Crippen molar-refractivity contribution in [3.05, 3.63) is 23.3 Å². The molecule has 0 aromatic heterocycles. The number of primary amides is 1. The summed E-state index contributed by atoms with van der Waals surface area (Å²) in [5.41, 5.74) is 6.47. The summed E-state index contributed by atoms with van der Waals surface area (Å²) in [6.45, 7) is 0.0208. The van der Waals surface area contributed by atoms with Crippen molar-refractivity contribution < 1.29 is 29.7 Å². The third kappa shape index (κ3) is 2.05. The Hall–Kier alpha value is -2.07. The highest BCUT2D eigenvalue weighted by Gasteiger charge is 2.65. The third-order valence-electron chi connectivity index (χ3n) is 4.64. The molecule has 0 radical (unpaired) electrons. The van der Waals surface area contributed by atoms with E-state index < -0.39 is 17.8 Å². The lowest BCUT2D eigenvalue weighted by atomic mass is 9.82. The van der Waals surface area contributed by atoms with E-state index in [0.717, 1.165) is 0 Å². The van der Waals surface area contributed by atoms with Gasteiger partial charge in [0.2, 0.25) is 5.79 Å². The number of hydrogen-bond acceptors (Lipinski definition) is 8. The molecule has 9 nitrogen and oxygen atoms in total. The van der Waals surface area contributed by atoms with Crippen LogP contribution in [-0.2, 0) is 16.2 Å². The molecule has 0 spiro atoms. The van der Waals surface area contributed by atoms with Crippen molar-refractivity contribution in [2.75, 3.05) is 18.2 Å². The fourth-order valence-electron chi connectivity index (χ4n) is 3.53. The van der Waals surface area contributed by atoms with Gasteiger partial charge in [0.25, 0.3) is 0 Å². The highest BCUT2D eigenvalue weighted by molar-refractivity contribution is 5.67. The lowest BCUT2D eigenvalue weighted by Gasteiger charge is -2.47. The van der Waals surface area contributed by atoms with Crippen molar-refractivity contribution in [1.29, 1.82) is 0 Å². The number of carbonyl (C=O) groups is 1. The Kier molecular flexibility index (Phi) is 2.97. The second kappa shape index (κ2) is 4.71. The highest BCUT2D eigenvalue weighted by Crippen LogP contribution is 2.53. The molecule has 6 N–H and O–H groups in total. The summed E-state index contributed by atoms with van der Waals surface area (Å²) in [7, 11) is 0. The average molecular weight is 323 g/mol. The minimum atomic E-state index is -1.65. The van der Waals surface area contributed by atoms with E-state index >= 15 is 0 Å². The molecule has 124 valence electrons. The van der Waals surface area contributed by atoms with E-state index in [4.69, 9.17) is 15.3 Å². The molecule has 0 saturated carbocycles. The summed E-state index contributed by atoms with van der Waals surface area (Å²) in [6, 6.07) is 2.82. The van der Waals surface area contributed by atoms with Gasteiger partial charge < -0.3 is 31.1 Å². The number of nitrogens with one attached hydrogen (secondary N) is 1. The Balaban J connectivity index is 1.83. The summed E-state index contributed by atoms with van der Waals surface area (Å²) < 4.78 is 4.87. The predicted molar refractivity (Wildman–Crippen MR) is 76.4 cm³/mol. The summed E-state index contributed by atoms with van der Waals surface area (Å²) in [4.78, 5) is 16.7. The zero-order valence-corrected chi connectivity index (χ0v) is 12.1. The molecule has 3 aliphatic heterocycles. The van der Waals surface area contributed by atoms with Crippen molar-refractivity contribution >= 4 is 11.8 Å². The third-order valence-corrected chi connectivity index (χ3v) is 4.64. The fraction of sp³-hybridized carbons (Fsp3) is 0.500. The van der Waals surface area contributed by atoms with E-state index in [1.165, 1.54) is 11.1 Å². The molecule has 23 heavy (non-hydrogen) atoms. The first-order valence-corrected chi connectivity index (χ1v) is 7.28. The Morgan fingerprint density at radius 3 is 3.04 bits per heavy atom. The van der Waals surface area contributed by atoms with Crippen molar-refractivity contribution in [3.63, 3.8) is 0 Å². The van der Waals surface area contributed by atoms with E-state index in [1.807, 2.05) is 0 Å². The number of fused-ring (bicyclic) bond motifs is 6. The van der Waals surface area contributed by atoms with Crippen molar-refractivity contribution in [2.24, 2.45) is 5.73 Å². The summed E-state index contributed by atoms with van der Waals surface area (Å²) >= 11 is 0. The van der Waals surface area contributed by atoms with Gasteiger partial charge in [-0.05, 0) is 17.7 Å². The number of carbonyl (C=O) groups excluding carboxylic acids is 1. The van der Waals surface area contributed by atoms with Crippen LogP contribution in [0.1, 0.15) is 17.0 Å². The van der Waals surface area contributed by atoms with Gasteiger partial charge in [0, 0.05) is 11.6 Å². The number of hydroxylamine groups is 1. The topological polar surface area (TPSA) is 147 Å². The molecule has 9 heteroatoms. The van der Waals surface area contributed by atoms with Gasteiger partial charge in [-0.25, -0.2) is 14.7 Å². The number of nitrogens with zero attached hydrogens (tertiary/aromatic N) is 1. The number of aromatic hydroxyl groups is 1. The van der Waals surface area contributed by atoms with Crippen molar-refractivity contribution in [2.45, 2.75) is 30.4 Å². The molecule has 2 saturated heterocycles. The molecule has 1 aromatic carbocycles. The number of ether oxygens (including phenoxy) is 1. The number of anilines is 1. The molecule has 1 unspecified atom stereocenters. The number of aliphatic hydroxyl groups is 2. The number of phenolic OH excluding ortho intramolecular Hbond substituents is 1. The normalized spacial score (nSPS) is 33.7. The molecular weight excluding hydrogens is 306 g/mol. The van der Waals surface area contributed by atoms with Crippen LogP contribution < -0.4 is 16.1 Å². The van der Waals surface area contributed by atoms with Gasteiger partial charge in [-0.1, -0.05) is 0 Å². The van der Waals surface area contributed by atoms with Crippen LogP contribution in [0.5, 0.6) is 5.75 Å². The summed E-state index contributed by atoms with van der Waals surface area (Å²) in [5, 5.41) is 35.3. The molecule has 1 amide bonds. The van der Waals surface area contributed by atoms with E-state index in [-0.39, 0.29) is 31.0 Å². The smallest absolute Gasteiger partial charge is 0.404 e. The van der Waals surface area contributed by atoms with Crippen LogP contribution in [0.4, 0.5) is 10.5 Å². The first-order valence-electron chi connectivity index (χ1n) is 7.28. The number of rotatable bonds is 3. The number of hydrogen-bond donors (Lipinski definition) is 5. The van der Waals surface area contributed by atoms with Crippen LogP contribution >= 0.6 is 0 Å². The highest BCUT2D eigenvalue weighted by atomic mass is 16.8. The van der Waals surface area contributed by atoms with Crippen LogP contribution in [0.25, 0.3) is 0 Å². The zero-order chi connectivity index (χ0) is 16.4. The number of amides is 1. The van der Waals surface area contributed by atoms with Gasteiger partial charge in [0.05, 0.1) is 30.8 Å². The molecule has 4 rings (SSSR count). The maximum Gasteiger partial charge on any atom is 0.404 e. The van der Waals surface area contributed by atoms with Gasteiger partial charge in [0.15, 0.2) is 0 Å². The van der Waals surface area contributed by atoms with E-state index in [9.17, 15) is 20.1 Å². The van der Waals surface area contributed by atoms with Gasteiger partial charge in [0.1, 0.15) is 12.4 Å². The van der Waals surface area contributed by atoms with Crippen LogP contribution in [0.2, 0.25) is 0 Å². The molecule has 3 aliphatic rings. The quantitative estimate of drug-likeness (QED) is 0.438. The molecule has 2 bridgehead atoms. The predicted octanol–water partition coefficient (Wildman–Crippen LogP) is -1.14. The van der Waals surface area contributed by atoms with Crippen molar-refractivity contribution in [1.82, 2.24) is 5.32 Å². The average Bonchev–Trinajstić information content (AvgIpc) is 3.27. The first kappa shape index (κ1) is 14.5. The maximum atomic E-state index is 11.0. The van der Waals surface area contributed by atoms with Crippen LogP contribution in [0.3, 0.4) is 0 Å². The first-order chi connectivity index (χ1) is 10.9. The number of benzene rings is 1. The van der Waals surface area contributed by atoms with Gasteiger partial charge in [-0.3, -0.25) is 0 Å². The lowest BCUT2D eigenvalue weighted by Crippen LogP contribution is -2.59. The van der Waals surface area contributed by atoms with E-state index in [2.05, 4.69) is 5.32 Å². The Labute approximate surface area is 131 Å². The summed E-state index contributed by atoms with van der Waals surface area (Å²) in [5.74, 6) is -2.56. The van der Waals surface area contributed by atoms with Crippen molar-refractivity contribution in [3.8, 4) is 5.75 Å². The van der Waals surface area contributed by atoms with Gasteiger partial charge in [-0.15, -0.1) is 0 Å². The Morgan fingerprint density at radius 1 is 1.57 bits per heavy atom. The molecule has 4 atom stereocenters. The largest absolute Gasteiger partial charge is 0.508 e. The van der Waals surface area contributed by atoms with Crippen LogP contribution in [0, 0.1) is 0 Å². The molecule has 3 heterocycles. The number of aliphatic hydroxyl groups excluding tert-OH is 1. The van der Waals surface area contributed by atoms with Gasteiger partial charge >= 0.3 is 6.09 Å². The maximum absolute atomic E-state index is 11.0. The fourth-order valence-corrected chi connectivity index (χ4v) is 3.53. The Morgan fingerprint density at radius 2 is 2.35 bits per heavy atom. The minimum absolute atomic E-state index is 0.0397. The lowest BCUT2D eigenvalue weighted by molar-refractivity contribution is -0.247. The molecule has 0 aliphatic carbocycles. The minimum Gasteiger partial charge on any atom is -0.508 e. The molecule has 1 aromatic rings. The molecule has 2 fully saturated rings. The Bertz CT molecular complexity index is 683. The SMILES string of the molecule is NC(=O)OC[C@H]1c2c(O)cc(CO)cc2N2C[C@@H]3N[C@@H]3C1(O)O2. The van der Waals surface area contributed by atoms with Crippen LogP contribution in [-0.4, -0.2) is 52.4 Å². The van der Waals surface area contributed by atoms with Gasteiger partial charge in [-0.2, -0.15) is 0 Å². The monoisotopic (exact) mass is 323 g/mol. The van der Waals surface area contributed by atoms with Crippen LogP contribution in [0.15, 0.2) is 12.1 Å². The second-order valence-corrected chi connectivity index (χ2v) is 6.04. The zero-order valence-electron chi connectivity index (χ0n) is 12.1. The standard InChI is InChI=1S/C14H17N3O6/c15-13(20)22-5-7-11-9(1-6(4-18)2-10(11)19)17-3-8-12(16-8)14(7,21)23-17/h1-2,7-8,12,16,18-19,21H,3-5H2,(H2,15,20)/t7-,8-,12-,14?/m0/s1.